The second kappa shape index (κ2) is 5.24. The van der Waals surface area contributed by atoms with E-state index in [1.165, 1.54) is 23.6 Å². The summed E-state index contributed by atoms with van der Waals surface area (Å²) in [6.45, 7) is 5.41. The molecule has 2 heterocycles. The van der Waals surface area contributed by atoms with E-state index in [1.54, 1.807) is 39.0 Å². The summed E-state index contributed by atoms with van der Waals surface area (Å²) in [6, 6.07) is 6.28. The minimum atomic E-state index is -0.619. The molecule has 0 saturated heterocycles. The van der Waals surface area contributed by atoms with Crippen LogP contribution in [0.5, 0.6) is 0 Å². The SMILES string of the molecule is CC(C)(C)N(NC(=O)c1ccco1)C(=O)c1ccco1. The Morgan fingerprint density at radius 1 is 1.05 bits per heavy atom. The first-order chi connectivity index (χ1) is 9.39. The van der Waals surface area contributed by atoms with Gasteiger partial charge in [-0.3, -0.25) is 15.0 Å². The summed E-state index contributed by atoms with van der Waals surface area (Å²) in [5.74, 6) is -0.640. The molecule has 6 nitrogen and oxygen atoms in total. The number of nitrogens with one attached hydrogen (secondary N) is 1. The van der Waals surface area contributed by atoms with Crippen molar-refractivity contribution in [1.29, 1.82) is 0 Å². The zero-order chi connectivity index (χ0) is 14.8. The smallest absolute Gasteiger partial charge is 0.308 e. The van der Waals surface area contributed by atoms with E-state index in [2.05, 4.69) is 5.43 Å². The van der Waals surface area contributed by atoms with Crippen LogP contribution in [0.1, 0.15) is 41.9 Å². The average molecular weight is 276 g/mol. The molecule has 2 rings (SSSR count). The van der Waals surface area contributed by atoms with Gasteiger partial charge in [-0.25, -0.2) is 5.01 Å². The summed E-state index contributed by atoms with van der Waals surface area (Å²) < 4.78 is 10.1. The maximum absolute atomic E-state index is 12.3. The molecule has 0 radical (unpaired) electrons. The van der Waals surface area contributed by atoms with E-state index in [0.717, 1.165) is 0 Å². The van der Waals surface area contributed by atoms with Crippen molar-refractivity contribution in [3.05, 3.63) is 48.3 Å². The fraction of sp³-hybridized carbons (Fsp3) is 0.286. The Kier molecular flexibility index (Phi) is 3.65. The maximum Gasteiger partial charge on any atom is 0.308 e. The van der Waals surface area contributed by atoms with Crippen LogP contribution in [0.15, 0.2) is 45.6 Å². The molecule has 0 bridgehead atoms. The van der Waals surface area contributed by atoms with Crippen molar-refractivity contribution in [2.24, 2.45) is 0 Å². The van der Waals surface area contributed by atoms with Crippen molar-refractivity contribution in [3.63, 3.8) is 0 Å². The molecule has 0 saturated carbocycles. The number of furan rings is 2. The van der Waals surface area contributed by atoms with Gasteiger partial charge in [-0.2, -0.15) is 0 Å². The predicted molar refractivity (Wildman–Crippen MR) is 70.8 cm³/mol. The Bertz CT molecular complexity index is 579. The van der Waals surface area contributed by atoms with Gasteiger partial charge in [-0.15, -0.1) is 0 Å². The number of carbonyl (C=O) groups excluding carboxylic acids is 2. The van der Waals surface area contributed by atoms with E-state index in [1.807, 2.05) is 0 Å². The number of hydrogen-bond donors (Lipinski definition) is 1. The normalized spacial score (nSPS) is 11.2. The highest BCUT2D eigenvalue weighted by molar-refractivity contribution is 5.96. The Balaban J connectivity index is 2.21. The number of hydrogen-bond acceptors (Lipinski definition) is 4. The molecule has 20 heavy (non-hydrogen) atoms. The molecule has 2 aromatic rings. The van der Waals surface area contributed by atoms with Crippen LogP contribution in [0.4, 0.5) is 0 Å². The standard InChI is InChI=1S/C14H16N2O4/c1-14(2,3)16(13(18)11-7-5-9-20-11)15-12(17)10-6-4-8-19-10/h4-9H,1-3H3,(H,15,17). The second-order valence-corrected chi connectivity index (χ2v) is 5.21. The predicted octanol–water partition coefficient (Wildman–Crippen LogP) is 2.46. The molecule has 0 unspecified atom stereocenters. The zero-order valence-electron chi connectivity index (χ0n) is 11.5. The van der Waals surface area contributed by atoms with E-state index >= 15 is 0 Å². The molecular weight excluding hydrogens is 260 g/mol. The molecule has 2 aromatic heterocycles. The van der Waals surface area contributed by atoms with E-state index in [-0.39, 0.29) is 11.5 Å². The Labute approximate surface area is 116 Å². The summed E-state index contributed by atoms with van der Waals surface area (Å²) in [6.07, 6.45) is 2.80. The van der Waals surface area contributed by atoms with Crippen LogP contribution >= 0.6 is 0 Å². The van der Waals surface area contributed by atoms with E-state index in [9.17, 15) is 9.59 Å². The van der Waals surface area contributed by atoms with Crippen LogP contribution in [0.2, 0.25) is 0 Å². The minimum absolute atomic E-state index is 0.131. The molecule has 6 heteroatoms. The van der Waals surface area contributed by atoms with E-state index < -0.39 is 17.4 Å². The van der Waals surface area contributed by atoms with Crippen LogP contribution < -0.4 is 5.43 Å². The van der Waals surface area contributed by atoms with E-state index in [0.29, 0.717) is 0 Å². The number of carbonyl (C=O) groups is 2. The topological polar surface area (TPSA) is 75.7 Å². The van der Waals surface area contributed by atoms with Crippen LogP contribution in [0.3, 0.4) is 0 Å². The first-order valence-corrected chi connectivity index (χ1v) is 6.12. The quantitative estimate of drug-likeness (QED) is 0.855. The molecule has 0 spiro atoms. The van der Waals surface area contributed by atoms with Gasteiger partial charge in [-0.1, -0.05) is 0 Å². The van der Waals surface area contributed by atoms with Crippen molar-refractivity contribution in [1.82, 2.24) is 10.4 Å². The molecule has 0 aliphatic rings. The number of amides is 2. The van der Waals surface area contributed by atoms with Gasteiger partial charge in [-0.05, 0) is 45.0 Å². The minimum Gasteiger partial charge on any atom is -0.459 e. The summed E-state index contributed by atoms with van der Waals surface area (Å²) in [4.78, 5) is 24.4. The first kappa shape index (κ1) is 13.9. The van der Waals surface area contributed by atoms with Gasteiger partial charge in [0.15, 0.2) is 11.5 Å². The monoisotopic (exact) mass is 276 g/mol. The van der Waals surface area contributed by atoms with Crippen LogP contribution in [-0.2, 0) is 0 Å². The van der Waals surface area contributed by atoms with Gasteiger partial charge in [0.25, 0.3) is 0 Å². The molecule has 0 aromatic carbocycles. The molecule has 106 valence electrons. The third-order valence-corrected chi connectivity index (χ3v) is 2.56. The molecular formula is C14H16N2O4. The second-order valence-electron chi connectivity index (χ2n) is 5.21. The lowest BCUT2D eigenvalue weighted by molar-refractivity contribution is 0.0324. The summed E-state index contributed by atoms with van der Waals surface area (Å²) in [7, 11) is 0. The maximum atomic E-state index is 12.3. The van der Waals surface area contributed by atoms with Crippen molar-refractivity contribution in [2.45, 2.75) is 26.3 Å². The van der Waals surface area contributed by atoms with Gasteiger partial charge in [0.2, 0.25) is 0 Å². The molecule has 1 N–H and O–H groups in total. The third-order valence-electron chi connectivity index (χ3n) is 2.56. The van der Waals surface area contributed by atoms with E-state index in [4.69, 9.17) is 8.83 Å². The summed E-state index contributed by atoms with van der Waals surface area (Å²) in [5.41, 5.74) is 1.92. The zero-order valence-corrected chi connectivity index (χ0v) is 11.5. The molecule has 0 aliphatic heterocycles. The fourth-order valence-electron chi connectivity index (χ4n) is 1.60. The Hall–Kier alpha value is -2.50. The highest BCUT2D eigenvalue weighted by Crippen LogP contribution is 2.16. The average Bonchev–Trinajstić information content (AvgIpc) is 3.04. The number of hydrazine groups is 1. The van der Waals surface area contributed by atoms with Crippen LogP contribution in [-0.4, -0.2) is 22.4 Å². The molecule has 0 atom stereocenters. The van der Waals surface area contributed by atoms with Gasteiger partial charge in [0, 0.05) is 0 Å². The van der Waals surface area contributed by atoms with Crippen molar-refractivity contribution in [2.75, 3.05) is 0 Å². The number of rotatable bonds is 2. The Morgan fingerprint density at radius 3 is 2.05 bits per heavy atom. The van der Waals surface area contributed by atoms with Crippen LogP contribution in [0, 0.1) is 0 Å². The lowest BCUT2D eigenvalue weighted by Crippen LogP contribution is -2.55. The van der Waals surface area contributed by atoms with Gasteiger partial charge < -0.3 is 8.83 Å². The highest BCUT2D eigenvalue weighted by atomic mass is 16.3. The third kappa shape index (κ3) is 2.90. The van der Waals surface area contributed by atoms with Crippen molar-refractivity contribution >= 4 is 11.8 Å². The lowest BCUT2D eigenvalue weighted by Gasteiger charge is -2.34. The van der Waals surface area contributed by atoms with Crippen molar-refractivity contribution < 1.29 is 18.4 Å². The molecule has 0 fully saturated rings. The largest absolute Gasteiger partial charge is 0.459 e. The highest BCUT2D eigenvalue weighted by Gasteiger charge is 2.31. The molecule has 2 amide bonds. The summed E-state index contributed by atoms with van der Waals surface area (Å²) in [5, 5.41) is 1.22. The summed E-state index contributed by atoms with van der Waals surface area (Å²) >= 11 is 0. The fourth-order valence-corrected chi connectivity index (χ4v) is 1.60. The lowest BCUT2D eigenvalue weighted by atomic mass is 10.1. The van der Waals surface area contributed by atoms with Gasteiger partial charge in [0.05, 0.1) is 18.1 Å². The first-order valence-electron chi connectivity index (χ1n) is 6.12. The van der Waals surface area contributed by atoms with Crippen molar-refractivity contribution in [3.8, 4) is 0 Å². The number of nitrogens with zero attached hydrogens (tertiary/aromatic N) is 1. The molecule has 0 aliphatic carbocycles. The van der Waals surface area contributed by atoms with Crippen LogP contribution in [0.25, 0.3) is 0 Å². The van der Waals surface area contributed by atoms with Gasteiger partial charge in [0.1, 0.15) is 0 Å². The Morgan fingerprint density at radius 2 is 1.60 bits per heavy atom. The van der Waals surface area contributed by atoms with Gasteiger partial charge >= 0.3 is 11.8 Å².